The van der Waals surface area contributed by atoms with Crippen molar-refractivity contribution in [3.8, 4) is 0 Å². The highest BCUT2D eigenvalue weighted by atomic mass is 13.9. The third-order valence-corrected chi connectivity index (χ3v) is 1.21. The average Bonchev–Trinajstić information content (AvgIpc) is 1.69. The van der Waals surface area contributed by atoms with Gasteiger partial charge in [-0.3, -0.25) is 0 Å². The minimum absolute atomic E-state index is 0. The first-order valence-corrected chi connectivity index (χ1v) is 3.41. The summed E-state index contributed by atoms with van der Waals surface area (Å²) >= 11 is 0. The summed E-state index contributed by atoms with van der Waals surface area (Å²) in [5.41, 5.74) is 0. The van der Waals surface area contributed by atoms with Crippen LogP contribution in [0, 0.1) is 7.43 Å². The Morgan fingerprint density at radius 1 is 0.750 bits per heavy atom. The van der Waals surface area contributed by atoms with Crippen LogP contribution in [-0.2, 0) is 0 Å². The van der Waals surface area contributed by atoms with E-state index in [-0.39, 0.29) is 7.43 Å². The topological polar surface area (TPSA) is 0 Å². The molecule has 0 nitrogen and oxygen atoms in total. The SMILES string of the molecule is CCCCCCC.[C]. The summed E-state index contributed by atoms with van der Waals surface area (Å²) in [7, 11) is 0. The van der Waals surface area contributed by atoms with Gasteiger partial charge >= 0.3 is 0 Å². The molecule has 0 N–H and O–H groups in total. The Morgan fingerprint density at radius 3 is 1.38 bits per heavy atom. The fourth-order valence-electron chi connectivity index (χ4n) is 0.677. The predicted octanol–water partition coefficient (Wildman–Crippen LogP) is 3.06. The van der Waals surface area contributed by atoms with Gasteiger partial charge in [0, 0.05) is 7.43 Å². The molecule has 0 bridgehead atoms. The van der Waals surface area contributed by atoms with Crippen molar-refractivity contribution < 1.29 is 0 Å². The van der Waals surface area contributed by atoms with E-state index >= 15 is 0 Å². The van der Waals surface area contributed by atoms with Crippen molar-refractivity contribution in [1.82, 2.24) is 0 Å². The van der Waals surface area contributed by atoms with E-state index in [0.717, 1.165) is 0 Å². The first-order valence-electron chi connectivity index (χ1n) is 3.41. The zero-order valence-corrected chi connectivity index (χ0v) is 6.04. The molecule has 0 amide bonds. The Kier molecular flexibility index (Phi) is 13.7. The molecule has 0 rings (SSSR count). The molecule has 48 valence electrons. The van der Waals surface area contributed by atoms with Crippen LogP contribution in [0.1, 0.15) is 46.0 Å². The van der Waals surface area contributed by atoms with E-state index in [9.17, 15) is 0 Å². The normalized spacial score (nSPS) is 8.25. The summed E-state index contributed by atoms with van der Waals surface area (Å²) in [5, 5.41) is 0. The van der Waals surface area contributed by atoms with Gasteiger partial charge in [0.05, 0.1) is 0 Å². The van der Waals surface area contributed by atoms with Crippen molar-refractivity contribution in [2.75, 3.05) is 0 Å². The highest BCUT2D eigenvalue weighted by Crippen LogP contribution is 2.00. The maximum atomic E-state index is 2.25. The fraction of sp³-hybridized carbons (Fsp3) is 0.875. The zero-order valence-electron chi connectivity index (χ0n) is 6.04. The lowest BCUT2D eigenvalue weighted by atomic mass is 10.2. The van der Waals surface area contributed by atoms with Crippen LogP contribution >= 0.6 is 0 Å². The second kappa shape index (κ2) is 10.1. The van der Waals surface area contributed by atoms with Crippen LogP contribution in [0.2, 0.25) is 0 Å². The maximum absolute atomic E-state index is 2.25. The first-order chi connectivity index (χ1) is 3.41. The number of rotatable bonds is 4. The van der Waals surface area contributed by atoms with Crippen molar-refractivity contribution >= 4 is 0 Å². The van der Waals surface area contributed by atoms with E-state index in [1.165, 1.54) is 32.1 Å². The summed E-state index contributed by atoms with van der Waals surface area (Å²) in [6.07, 6.45) is 7.01. The highest BCUT2D eigenvalue weighted by Gasteiger charge is 1.80. The second-order valence-electron chi connectivity index (χ2n) is 2.06. The van der Waals surface area contributed by atoms with Crippen molar-refractivity contribution in [2.45, 2.75) is 46.0 Å². The van der Waals surface area contributed by atoms with E-state index in [0.29, 0.717) is 0 Å². The third kappa shape index (κ3) is 9.38. The minimum Gasteiger partial charge on any atom is -0.0654 e. The molecule has 0 heteroatoms. The largest absolute Gasteiger partial charge is 0.0654 e. The standard InChI is InChI=1S/C7H16.C/c1-3-5-7-6-4-2;/h3-7H2,1-2H3;. The van der Waals surface area contributed by atoms with Gasteiger partial charge in [-0.05, 0) is 0 Å². The minimum atomic E-state index is 0. The van der Waals surface area contributed by atoms with E-state index in [4.69, 9.17) is 0 Å². The molecule has 0 aromatic rings. The van der Waals surface area contributed by atoms with Gasteiger partial charge in [-0.15, -0.1) is 0 Å². The van der Waals surface area contributed by atoms with Crippen molar-refractivity contribution in [1.29, 1.82) is 0 Å². The molecule has 0 atom stereocenters. The molecule has 0 aliphatic heterocycles. The van der Waals surface area contributed by atoms with Crippen LogP contribution in [0.25, 0.3) is 0 Å². The van der Waals surface area contributed by atoms with Gasteiger partial charge in [0.1, 0.15) is 0 Å². The Labute approximate surface area is 54.3 Å². The van der Waals surface area contributed by atoms with Gasteiger partial charge in [-0.25, -0.2) is 0 Å². The van der Waals surface area contributed by atoms with E-state index < -0.39 is 0 Å². The summed E-state index contributed by atoms with van der Waals surface area (Å²) in [6.45, 7) is 4.49. The van der Waals surface area contributed by atoms with Gasteiger partial charge in [-0.2, -0.15) is 0 Å². The summed E-state index contributed by atoms with van der Waals surface area (Å²) in [4.78, 5) is 0. The highest BCUT2D eigenvalue weighted by molar-refractivity contribution is 4.35. The van der Waals surface area contributed by atoms with E-state index in [1.807, 2.05) is 0 Å². The van der Waals surface area contributed by atoms with Gasteiger partial charge in [-0.1, -0.05) is 46.0 Å². The average molecular weight is 112 g/mol. The quantitative estimate of drug-likeness (QED) is 0.490. The van der Waals surface area contributed by atoms with Crippen molar-refractivity contribution in [3.63, 3.8) is 0 Å². The molecule has 4 radical (unpaired) electrons. The summed E-state index contributed by atoms with van der Waals surface area (Å²) in [5.74, 6) is 0. The van der Waals surface area contributed by atoms with Gasteiger partial charge in [0.15, 0.2) is 0 Å². The molecular formula is C8H16. The van der Waals surface area contributed by atoms with Gasteiger partial charge < -0.3 is 0 Å². The molecule has 0 saturated heterocycles. The van der Waals surface area contributed by atoms with Gasteiger partial charge in [0.2, 0.25) is 0 Å². The molecule has 0 aliphatic carbocycles. The fourth-order valence-corrected chi connectivity index (χ4v) is 0.677. The van der Waals surface area contributed by atoms with Crippen LogP contribution < -0.4 is 0 Å². The molecule has 0 heterocycles. The molecule has 0 saturated carbocycles. The van der Waals surface area contributed by atoms with Crippen molar-refractivity contribution in [3.05, 3.63) is 7.43 Å². The smallest absolute Gasteiger partial charge is 0 e. The molecule has 8 heavy (non-hydrogen) atoms. The van der Waals surface area contributed by atoms with Crippen LogP contribution in [0.15, 0.2) is 0 Å². The number of hydrogen-bond donors (Lipinski definition) is 0. The third-order valence-electron chi connectivity index (χ3n) is 1.21. The van der Waals surface area contributed by atoms with Gasteiger partial charge in [0.25, 0.3) is 0 Å². The molecule has 0 aliphatic rings. The maximum Gasteiger partial charge on any atom is 0 e. The molecule has 0 fully saturated rings. The summed E-state index contributed by atoms with van der Waals surface area (Å²) in [6, 6.07) is 0. The molecule has 0 unspecified atom stereocenters. The van der Waals surface area contributed by atoms with E-state index in [2.05, 4.69) is 13.8 Å². The monoisotopic (exact) mass is 112 g/mol. The lowest BCUT2D eigenvalue weighted by molar-refractivity contribution is 0.656. The van der Waals surface area contributed by atoms with Crippen LogP contribution in [0.5, 0.6) is 0 Å². The van der Waals surface area contributed by atoms with Crippen LogP contribution in [0.4, 0.5) is 0 Å². The van der Waals surface area contributed by atoms with Crippen molar-refractivity contribution in [2.24, 2.45) is 0 Å². The van der Waals surface area contributed by atoms with Crippen LogP contribution in [0.3, 0.4) is 0 Å². The van der Waals surface area contributed by atoms with E-state index in [1.54, 1.807) is 0 Å². The molecule has 0 aromatic carbocycles. The molecule has 0 spiro atoms. The Bertz CT molecular complexity index is 19.2. The second-order valence-corrected chi connectivity index (χ2v) is 2.06. The Hall–Kier alpha value is 0. The molecular weight excluding hydrogens is 96.1 g/mol. The number of unbranched alkanes of at least 4 members (excludes halogenated alkanes) is 4. The van der Waals surface area contributed by atoms with Crippen LogP contribution in [-0.4, -0.2) is 0 Å². The zero-order chi connectivity index (χ0) is 5.54. The first kappa shape index (κ1) is 10.9. The Balaban J connectivity index is 0. The summed E-state index contributed by atoms with van der Waals surface area (Å²) < 4.78 is 0. The number of hydrogen-bond acceptors (Lipinski definition) is 0. The lowest BCUT2D eigenvalue weighted by Gasteiger charge is -1.90. The molecule has 0 aromatic heterocycles. The Morgan fingerprint density at radius 2 is 1.12 bits per heavy atom. The predicted molar refractivity (Wildman–Crippen MR) is 37.7 cm³/mol. The lowest BCUT2D eigenvalue weighted by Crippen LogP contribution is -1.70.